The largest absolute Gasteiger partial charge is 0.384 e. The number of aryl methyl sites for hydroxylation is 1. The minimum Gasteiger partial charge on any atom is -0.384 e. The first-order valence-corrected chi connectivity index (χ1v) is 8.39. The van der Waals surface area contributed by atoms with E-state index in [9.17, 15) is 5.26 Å². The van der Waals surface area contributed by atoms with Gasteiger partial charge in [-0.25, -0.2) is 4.98 Å². The number of hydrogen-bond donors (Lipinski definition) is 1. The molecule has 1 fully saturated rings. The second-order valence-electron chi connectivity index (χ2n) is 6.52. The molecular formula is C21H18N4. The lowest BCUT2D eigenvalue weighted by atomic mass is 9.93. The van der Waals surface area contributed by atoms with Crippen molar-refractivity contribution in [3.63, 3.8) is 0 Å². The van der Waals surface area contributed by atoms with Gasteiger partial charge in [-0.15, -0.1) is 0 Å². The van der Waals surface area contributed by atoms with Gasteiger partial charge in [0.25, 0.3) is 0 Å². The van der Waals surface area contributed by atoms with Gasteiger partial charge in [0.05, 0.1) is 17.3 Å². The molecule has 0 amide bonds. The van der Waals surface area contributed by atoms with Crippen molar-refractivity contribution in [1.82, 2.24) is 9.97 Å². The number of nitrogens with two attached hydrogens (primary N) is 1. The van der Waals surface area contributed by atoms with E-state index >= 15 is 0 Å². The Bertz CT molecular complexity index is 997. The van der Waals surface area contributed by atoms with Crippen LogP contribution in [-0.4, -0.2) is 9.97 Å². The molecule has 2 aromatic heterocycles. The van der Waals surface area contributed by atoms with Gasteiger partial charge < -0.3 is 5.73 Å². The zero-order chi connectivity index (χ0) is 17.4. The number of nitrogen functional groups attached to an aromatic ring is 1. The van der Waals surface area contributed by atoms with Gasteiger partial charge in [-0.3, -0.25) is 4.98 Å². The molecule has 0 unspecified atom stereocenters. The van der Waals surface area contributed by atoms with Crippen molar-refractivity contribution >= 4 is 5.82 Å². The fraction of sp³-hybridized carbons (Fsp3) is 0.190. The molecule has 3 aromatic rings. The highest BCUT2D eigenvalue weighted by molar-refractivity contribution is 5.84. The van der Waals surface area contributed by atoms with E-state index in [-0.39, 0.29) is 0 Å². The fourth-order valence-electron chi connectivity index (χ4n) is 3.15. The number of hydrogen-bond acceptors (Lipinski definition) is 4. The highest BCUT2D eigenvalue weighted by Crippen LogP contribution is 2.42. The molecule has 0 bridgehead atoms. The zero-order valence-corrected chi connectivity index (χ0v) is 14.0. The summed E-state index contributed by atoms with van der Waals surface area (Å²) in [4.78, 5) is 9.03. The molecule has 0 saturated heterocycles. The SMILES string of the molecule is Cc1cccnc1-c1cc(C#N)ccc1-c1cc(N)nc(C2CC2)c1. The Hall–Kier alpha value is -3.19. The molecule has 2 heterocycles. The van der Waals surface area contributed by atoms with Crippen LogP contribution in [0.2, 0.25) is 0 Å². The number of nitrogens with zero attached hydrogens (tertiary/aromatic N) is 3. The summed E-state index contributed by atoms with van der Waals surface area (Å²) in [6.45, 7) is 2.03. The number of pyridine rings is 2. The molecule has 4 rings (SSSR count). The van der Waals surface area contributed by atoms with Gasteiger partial charge in [0.15, 0.2) is 0 Å². The Kier molecular flexibility index (Phi) is 3.70. The first kappa shape index (κ1) is 15.3. The van der Waals surface area contributed by atoms with Gasteiger partial charge in [0.2, 0.25) is 0 Å². The number of anilines is 1. The maximum atomic E-state index is 9.31. The third-order valence-corrected chi connectivity index (χ3v) is 4.58. The molecule has 122 valence electrons. The van der Waals surface area contributed by atoms with Gasteiger partial charge in [-0.05, 0) is 66.8 Å². The monoisotopic (exact) mass is 326 g/mol. The average Bonchev–Trinajstić information content (AvgIpc) is 3.46. The number of benzene rings is 1. The van der Waals surface area contributed by atoms with Crippen LogP contribution in [0, 0.1) is 18.3 Å². The van der Waals surface area contributed by atoms with Gasteiger partial charge in [-0.1, -0.05) is 12.1 Å². The van der Waals surface area contributed by atoms with Gasteiger partial charge in [0.1, 0.15) is 5.82 Å². The van der Waals surface area contributed by atoms with Crippen molar-refractivity contribution in [3.05, 3.63) is 65.5 Å². The van der Waals surface area contributed by atoms with E-state index in [1.165, 1.54) is 12.8 Å². The van der Waals surface area contributed by atoms with Gasteiger partial charge in [0, 0.05) is 23.4 Å². The Morgan fingerprint density at radius 3 is 2.68 bits per heavy atom. The normalized spacial score (nSPS) is 13.4. The molecule has 0 radical (unpaired) electrons. The van der Waals surface area contributed by atoms with Crippen LogP contribution in [0.5, 0.6) is 0 Å². The van der Waals surface area contributed by atoms with Gasteiger partial charge >= 0.3 is 0 Å². The number of rotatable bonds is 3. The highest BCUT2D eigenvalue weighted by atomic mass is 14.8. The molecule has 1 aromatic carbocycles. The quantitative estimate of drug-likeness (QED) is 0.771. The number of aromatic nitrogens is 2. The summed E-state index contributed by atoms with van der Waals surface area (Å²) in [7, 11) is 0. The number of nitriles is 1. The molecule has 0 spiro atoms. The van der Waals surface area contributed by atoms with Crippen molar-refractivity contribution in [2.24, 2.45) is 0 Å². The van der Waals surface area contributed by atoms with E-state index in [0.29, 0.717) is 17.3 Å². The first-order chi connectivity index (χ1) is 12.2. The Balaban J connectivity index is 1.94. The van der Waals surface area contributed by atoms with Crippen LogP contribution in [-0.2, 0) is 0 Å². The summed E-state index contributed by atoms with van der Waals surface area (Å²) in [5, 5.41) is 9.31. The van der Waals surface area contributed by atoms with Crippen molar-refractivity contribution in [3.8, 4) is 28.5 Å². The van der Waals surface area contributed by atoms with Crippen molar-refractivity contribution < 1.29 is 0 Å². The van der Waals surface area contributed by atoms with Crippen LogP contribution in [0.3, 0.4) is 0 Å². The van der Waals surface area contributed by atoms with E-state index in [1.807, 2.05) is 43.3 Å². The summed E-state index contributed by atoms with van der Waals surface area (Å²) >= 11 is 0. The van der Waals surface area contributed by atoms with E-state index < -0.39 is 0 Å². The first-order valence-electron chi connectivity index (χ1n) is 8.39. The minimum atomic E-state index is 0.528. The lowest BCUT2D eigenvalue weighted by Crippen LogP contribution is -1.97. The Morgan fingerprint density at radius 1 is 1.12 bits per heavy atom. The molecule has 2 N–H and O–H groups in total. The average molecular weight is 326 g/mol. The molecule has 4 heteroatoms. The molecular weight excluding hydrogens is 308 g/mol. The summed E-state index contributed by atoms with van der Waals surface area (Å²) in [6.07, 6.45) is 4.13. The lowest BCUT2D eigenvalue weighted by Gasteiger charge is -2.13. The summed E-state index contributed by atoms with van der Waals surface area (Å²) in [6, 6.07) is 15.9. The molecule has 0 atom stereocenters. The summed E-state index contributed by atoms with van der Waals surface area (Å²) < 4.78 is 0. The zero-order valence-electron chi connectivity index (χ0n) is 14.0. The molecule has 25 heavy (non-hydrogen) atoms. The Morgan fingerprint density at radius 2 is 1.96 bits per heavy atom. The van der Waals surface area contributed by atoms with Crippen LogP contribution in [0.15, 0.2) is 48.7 Å². The fourth-order valence-corrected chi connectivity index (χ4v) is 3.15. The predicted octanol–water partition coefficient (Wildman–Crippen LogP) is 4.45. The molecule has 1 aliphatic rings. The van der Waals surface area contributed by atoms with Crippen molar-refractivity contribution in [2.45, 2.75) is 25.7 Å². The Labute approximate surface area is 147 Å². The van der Waals surface area contributed by atoms with E-state index in [1.54, 1.807) is 6.20 Å². The van der Waals surface area contributed by atoms with Crippen LogP contribution in [0.1, 0.15) is 35.6 Å². The van der Waals surface area contributed by atoms with E-state index in [0.717, 1.165) is 33.6 Å². The van der Waals surface area contributed by atoms with E-state index in [4.69, 9.17) is 5.73 Å². The topological polar surface area (TPSA) is 75.6 Å². The van der Waals surface area contributed by atoms with Crippen LogP contribution in [0.25, 0.3) is 22.4 Å². The smallest absolute Gasteiger partial charge is 0.124 e. The minimum absolute atomic E-state index is 0.528. The third-order valence-electron chi connectivity index (χ3n) is 4.58. The molecule has 4 nitrogen and oxygen atoms in total. The summed E-state index contributed by atoms with van der Waals surface area (Å²) in [5.41, 5.74) is 12.7. The molecule has 0 aliphatic heterocycles. The van der Waals surface area contributed by atoms with Crippen molar-refractivity contribution in [1.29, 1.82) is 5.26 Å². The maximum Gasteiger partial charge on any atom is 0.124 e. The predicted molar refractivity (Wildman–Crippen MR) is 98.7 cm³/mol. The van der Waals surface area contributed by atoms with Crippen molar-refractivity contribution in [2.75, 3.05) is 5.73 Å². The lowest BCUT2D eigenvalue weighted by molar-refractivity contribution is 1.03. The molecule has 1 saturated carbocycles. The van der Waals surface area contributed by atoms with Crippen LogP contribution < -0.4 is 5.73 Å². The van der Waals surface area contributed by atoms with Crippen LogP contribution in [0.4, 0.5) is 5.82 Å². The highest BCUT2D eigenvalue weighted by Gasteiger charge is 2.26. The summed E-state index contributed by atoms with van der Waals surface area (Å²) in [5.74, 6) is 1.06. The second kappa shape index (κ2) is 6.03. The second-order valence-corrected chi connectivity index (χ2v) is 6.52. The van der Waals surface area contributed by atoms with Gasteiger partial charge in [-0.2, -0.15) is 5.26 Å². The molecule has 1 aliphatic carbocycles. The van der Waals surface area contributed by atoms with E-state index in [2.05, 4.69) is 22.1 Å². The third kappa shape index (κ3) is 2.97. The van der Waals surface area contributed by atoms with Crippen LogP contribution >= 0.6 is 0 Å². The maximum absolute atomic E-state index is 9.31. The standard InChI is InChI=1S/C21H18N4/c1-13-3-2-8-24-21(13)18-9-14(12-22)4-7-17(18)16-10-19(15-5-6-15)25-20(23)11-16/h2-4,7-11,15H,5-6H2,1H3,(H2,23,25).